The van der Waals surface area contributed by atoms with Gasteiger partial charge < -0.3 is 19.7 Å². The number of piperazine rings is 1. The minimum absolute atomic E-state index is 0.0330. The van der Waals surface area contributed by atoms with E-state index < -0.39 is 5.82 Å². The van der Waals surface area contributed by atoms with Gasteiger partial charge in [0.25, 0.3) is 0 Å². The van der Waals surface area contributed by atoms with Crippen molar-refractivity contribution in [1.82, 2.24) is 20.3 Å². The van der Waals surface area contributed by atoms with Crippen LogP contribution >= 0.6 is 0 Å². The monoisotopic (exact) mass is 489 g/mol. The van der Waals surface area contributed by atoms with Crippen molar-refractivity contribution in [3.63, 3.8) is 0 Å². The Morgan fingerprint density at radius 3 is 2.83 bits per heavy atom. The molecule has 9 heteroatoms. The predicted octanol–water partition coefficient (Wildman–Crippen LogP) is 4.40. The van der Waals surface area contributed by atoms with Gasteiger partial charge in [-0.1, -0.05) is 31.2 Å². The Hall–Kier alpha value is -3.59. The minimum Gasteiger partial charge on any atom is -0.475 e. The van der Waals surface area contributed by atoms with Gasteiger partial charge >= 0.3 is 6.01 Å². The van der Waals surface area contributed by atoms with Gasteiger partial charge in [0.15, 0.2) is 5.82 Å². The number of pyridine rings is 1. The molecule has 2 aromatic heterocycles. The highest BCUT2D eigenvalue weighted by Gasteiger charge is 2.44. The van der Waals surface area contributed by atoms with Crippen LogP contribution in [0, 0.1) is 11.6 Å². The van der Waals surface area contributed by atoms with Gasteiger partial charge in [-0.15, -0.1) is 0 Å². The van der Waals surface area contributed by atoms with Crippen molar-refractivity contribution in [2.24, 2.45) is 0 Å². The van der Waals surface area contributed by atoms with Crippen LogP contribution in [0.2, 0.25) is 0 Å². The zero-order valence-corrected chi connectivity index (χ0v) is 20.0. The number of ether oxygens (including phenoxy) is 2. The second-order valence-electron chi connectivity index (χ2n) is 9.70. The quantitative estimate of drug-likeness (QED) is 0.458. The van der Waals surface area contributed by atoms with Gasteiger partial charge in [0, 0.05) is 24.2 Å². The van der Waals surface area contributed by atoms with Crippen LogP contribution in [0.3, 0.4) is 0 Å². The molecule has 0 amide bonds. The number of rotatable bonds is 3. The van der Waals surface area contributed by atoms with E-state index in [9.17, 15) is 4.39 Å². The Kier molecular flexibility index (Phi) is 4.79. The van der Waals surface area contributed by atoms with Gasteiger partial charge in [-0.25, -0.2) is 13.8 Å². The molecule has 2 aromatic carbocycles. The third-order valence-electron chi connectivity index (χ3n) is 7.82. The van der Waals surface area contributed by atoms with Crippen LogP contribution in [-0.4, -0.2) is 53.3 Å². The molecule has 3 atom stereocenters. The largest absolute Gasteiger partial charge is 0.475 e. The number of fused-ring (bicyclic) bond motifs is 6. The Balaban J connectivity index is 1.52. The number of benzene rings is 2. The fourth-order valence-corrected chi connectivity index (χ4v) is 6.16. The summed E-state index contributed by atoms with van der Waals surface area (Å²) in [6.45, 7) is 3.02. The molecule has 3 aliphatic heterocycles. The smallest absolute Gasteiger partial charge is 0.318 e. The lowest BCUT2D eigenvalue weighted by molar-refractivity contribution is 0.238. The number of aryl methyl sites for hydroxylation is 1. The molecule has 2 saturated heterocycles. The van der Waals surface area contributed by atoms with E-state index >= 15 is 4.39 Å². The SMILES string of the molecule is CCc1c(F)ccc2cccc(-c3nc4c5c(nc(OC)nc5c3F)N3CC5CCC(N5)C3CO4)c12. The highest BCUT2D eigenvalue weighted by molar-refractivity contribution is 6.02. The fourth-order valence-electron chi connectivity index (χ4n) is 6.16. The second-order valence-corrected chi connectivity index (χ2v) is 9.70. The highest BCUT2D eigenvalue weighted by atomic mass is 19.1. The second kappa shape index (κ2) is 7.96. The highest BCUT2D eigenvalue weighted by Crippen LogP contribution is 2.44. The van der Waals surface area contributed by atoms with Gasteiger partial charge in [0.05, 0.1) is 13.2 Å². The predicted molar refractivity (Wildman–Crippen MR) is 133 cm³/mol. The first-order valence-electron chi connectivity index (χ1n) is 12.4. The maximum Gasteiger partial charge on any atom is 0.318 e. The van der Waals surface area contributed by atoms with Crippen LogP contribution in [0.15, 0.2) is 30.3 Å². The molecule has 4 aromatic rings. The molecule has 0 radical (unpaired) electrons. The van der Waals surface area contributed by atoms with E-state index in [2.05, 4.69) is 20.2 Å². The van der Waals surface area contributed by atoms with E-state index in [-0.39, 0.29) is 41.0 Å². The molecule has 2 bridgehead atoms. The van der Waals surface area contributed by atoms with Gasteiger partial charge in [-0.3, -0.25) is 0 Å². The molecule has 7 nitrogen and oxygen atoms in total. The van der Waals surface area contributed by atoms with Crippen LogP contribution < -0.4 is 19.7 Å². The van der Waals surface area contributed by atoms with Crippen molar-refractivity contribution in [3.8, 4) is 23.1 Å². The standard InChI is InChI=1S/C27H25F2N5O2/c1-3-15-17(28)9-7-13-5-4-6-16(20(13)15)23-22(29)24-21-25(33-27(32-24)35-2)34-11-14-8-10-18(30-14)19(34)12-36-26(21)31-23/h4-7,9,14,18-19,30H,3,8,10-12H2,1-2H3. The summed E-state index contributed by atoms with van der Waals surface area (Å²) in [4.78, 5) is 16.0. The van der Waals surface area contributed by atoms with E-state index in [1.165, 1.54) is 13.2 Å². The summed E-state index contributed by atoms with van der Waals surface area (Å²) in [5.74, 6) is -0.0480. The van der Waals surface area contributed by atoms with Crippen molar-refractivity contribution < 1.29 is 18.3 Å². The van der Waals surface area contributed by atoms with Crippen molar-refractivity contribution >= 4 is 27.5 Å². The molecule has 1 N–H and O–H groups in total. The Bertz CT molecular complexity index is 1540. The first kappa shape index (κ1) is 21.7. The average Bonchev–Trinajstić information content (AvgIpc) is 3.21. The zero-order valence-electron chi connectivity index (χ0n) is 20.0. The lowest BCUT2D eigenvalue weighted by Gasteiger charge is -2.40. The lowest BCUT2D eigenvalue weighted by Crippen LogP contribution is -2.60. The molecule has 5 heterocycles. The number of aromatic nitrogens is 3. The Morgan fingerprint density at radius 2 is 2.00 bits per heavy atom. The first-order chi connectivity index (χ1) is 17.6. The van der Waals surface area contributed by atoms with Crippen molar-refractivity contribution in [2.45, 2.75) is 44.3 Å². The molecule has 184 valence electrons. The van der Waals surface area contributed by atoms with Crippen LogP contribution in [-0.2, 0) is 6.42 Å². The summed E-state index contributed by atoms with van der Waals surface area (Å²) in [6, 6.07) is 9.38. The summed E-state index contributed by atoms with van der Waals surface area (Å²) in [6.07, 6.45) is 2.59. The molecule has 3 aliphatic rings. The summed E-state index contributed by atoms with van der Waals surface area (Å²) >= 11 is 0. The van der Waals surface area contributed by atoms with E-state index in [1.54, 1.807) is 12.1 Å². The Labute approximate surface area is 206 Å². The number of methoxy groups -OCH3 is 1. The average molecular weight is 490 g/mol. The molecule has 0 saturated carbocycles. The van der Waals surface area contributed by atoms with Crippen LogP contribution in [0.4, 0.5) is 14.6 Å². The minimum atomic E-state index is -0.602. The third-order valence-corrected chi connectivity index (χ3v) is 7.82. The van der Waals surface area contributed by atoms with E-state index in [4.69, 9.17) is 14.5 Å². The summed E-state index contributed by atoms with van der Waals surface area (Å²) in [5.41, 5.74) is 1.20. The molecule has 7 rings (SSSR count). The maximum atomic E-state index is 16.4. The van der Waals surface area contributed by atoms with Crippen LogP contribution in [0.1, 0.15) is 25.3 Å². The normalized spacial score (nSPS) is 22.4. The van der Waals surface area contributed by atoms with E-state index in [0.29, 0.717) is 46.8 Å². The van der Waals surface area contributed by atoms with Crippen molar-refractivity contribution in [2.75, 3.05) is 25.2 Å². The summed E-state index contributed by atoms with van der Waals surface area (Å²) in [5, 5.41) is 5.58. The number of anilines is 1. The fraction of sp³-hybridized carbons (Fsp3) is 0.370. The van der Waals surface area contributed by atoms with Gasteiger partial charge in [-0.05, 0) is 41.7 Å². The number of hydrogen-bond acceptors (Lipinski definition) is 7. The van der Waals surface area contributed by atoms with E-state index in [0.717, 1.165) is 24.8 Å². The molecular formula is C27H25F2N5O2. The molecule has 36 heavy (non-hydrogen) atoms. The molecular weight excluding hydrogens is 464 g/mol. The van der Waals surface area contributed by atoms with Gasteiger partial charge in [0.2, 0.25) is 5.88 Å². The number of nitrogens with one attached hydrogen (secondary N) is 1. The number of nitrogens with zero attached hydrogens (tertiary/aromatic N) is 4. The van der Waals surface area contributed by atoms with Crippen molar-refractivity contribution in [1.29, 1.82) is 0 Å². The summed E-state index contributed by atoms with van der Waals surface area (Å²) < 4.78 is 42.8. The molecule has 0 aliphatic carbocycles. The number of halogens is 2. The van der Waals surface area contributed by atoms with Gasteiger partial charge in [0.1, 0.15) is 34.8 Å². The van der Waals surface area contributed by atoms with Crippen LogP contribution in [0.25, 0.3) is 32.9 Å². The molecule has 0 spiro atoms. The molecule has 3 unspecified atom stereocenters. The van der Waals surface area contributed by atoms with Gasteiger partial charge in [-0.2, -0.15) is 9.97 Å². The molecule has 2 fully saturated rings. The number of hydrogen-bond donors (Lipinski definition) is 1. The van der Waals surface area contributed by atoms with Crippen LogP contribution in [0.5, 0.6) is 11.9 Å². The maximum absolute atomic E-state index is 16.4. The summed E-state index contributed by atoms with van der Waals surface area (Å²) in [7, 11) is 1.47. The Morgan fingerprint density at radius 1 is 1.11 bits per heavy atom. The van der Waals surface area contributed by atoms with E-state index in [1.807, 2.05) is 19.1 Å². The first-order valence-corrected chi connectivity index (χ1v) is 12.4. The third kappa shape index (κ3) is 3.01. The topological polar surface area (TPSA) is 72.4 Å². The zero-order chi connectivity index (χ0) is 24.6. The lowest BCUT2D eigenvalue weighted by atomic mass is 9.95. The van der Waals surface area contributed by atoms with Crippen molar-refractivity contribution in [3.05, 3.63) is 47.5 Å².